The highest BCUT2D eigenvalue weighted by molar-refractivity contribution is 6.31. The Balaban J connectivity index is 2.57. The van der Waals surface area contributed by atoms with Gasteiger partial charge in [0.2, 0.25) is 5.91 Å². The molecule has 0 bridgehead atoms. The Kier molecular flexibility index (Phi) is 2.83. The first kappa shape index (κ1) is 11.0. The van der Waals surface area contributed by atoms with Crippen LogP contribution in [0.4, 0.5) is 5.69 Å². The van der Waals surface area contributed by atoms with E-state index < -0.39 is 0 Å². The lowest BCUT2D eigenvalue weighted by Crippen LogP contribution is -2.35. The first-order chi connectivity index (χ1) is 7.63. The molecule has 0 unspecified atom stereocenters. The van der Waals surface area contributed by atoms with Gasteiger partial charge in [0, 0.05) is 30.5 Å². The maximum absolute atomic E-state index is 11.4. The van der Waals surface area contributed by atoms with Gasteiger partial charge in [0.1, 0.15) is 0 Å². The normalized spacial score (nSPS) is 17.4. The highest BCUT2D eigenvalue weighted by atomic mass is 35.5. The van der Waals surface area contributed by atoms with E-state index in [4.69, 9.17) is 16.8 Å². The summed E-state index contributed by atoms with van der Waals surface area (Å²) in [7, 11) is 0. The van der Waals surface area contributed by atoms with Crippen molar-refractivity contribution in [2.24, 2.45) is 5.16 Å². The van der Waals surface area contributed by atoms with E-state index >= 15 is 0 Å². The van der Waals surface area contributed by atoms with Crippen LogP contribution in [0.3, 0.4) is 0 Å². The van der Waals surface area contributed by atoms with Crippen LogP contribution in [0.2, 0.25) is 5.02 Å². The van der Waals surface area contributed by atoms with Gasteiger partial charge in [-0.15, -0.1) is 0 Å². The van der Waals surface area contributed by atoms with Gasteiger partial charge in [0.25, 0.3) is 0 Å². The molecule has 1 aromatic carbocycles. The number of rotatable bonds is 0. The summed E-state index contributed by atoms with van der Waals surface area (Å²) in [5, 5.41) is 12.7. The van der Waals surface area contributed by atoms with Crippen molar-refractivity contribution < 1.29 is 10.0 Å². The number of hydrogen-bond donors (Lipinski definition) is 1. The van der Waals surface area contributed by atoms with Gasteiger partial charge in [-0.2, -0.15) is 0 Å². The van der Waals surface area contributed by atoms with Crippen molar-refractivity contribution in [3.8, 4) is 0 Å². The highest BCUT2D eigenvalue weighted by Gasteiger charge is 2.24. The molecule has 1 N–H and O–H groups in total. The molecule has 0 aromatic heterocycles. The van der Waals surface area contributed by atoms with Gasteiger partial charge in [-0.25, -0.2) is 0 Å². The zero-order chi connectivity index (χ0) is 11.7. The Bertz CT molecular complexity index is 471. The number of nitrogens with zero attached hydrogens (tertiary/aromatic N) is 2. The molecule has 1 amide bonds. The zero-order valence-corrected chi connectivity index (χ0v) is 9.53. The summed E-state index contributed by atoms with van der Waals surface area (Å²) in [6, 6.07) is 5.20. The van der Waals surface area contributed by atoms with Crippen LogP contribution in [0.15, 0.2) is 23.4 Å². The number of fused-ring (bicyclic) bond motifs is 1. The third-order valence-electron chi connectivity index (χ3n) is 2.63. The molecule has 0 saturated carbocycles. The van der Waals surface area contributed by atoms with Crippen molar-refractivity contribution >= 4 is 28.9 Å². The molecule has 0 saturated heterocycles. The SMILES string of the molecule is CC(=O)N1CCC(=NO)c2cc(Cl)ccc21. The molecular formula is C11H11ClN2O2. The number of benzene rings is 1. The Morgan fingerprint density at radius 2 is 2.31 bits per heavy atom. The molecule has 1 aliphatic rings. The Morgan fingerprint density at radius 3 is 2.94 bits per heavy atom. The predicted octanol–water partition coefficient (Wildman–Crippen LogP) is 2.27. The van der Waals surface area contributed by atoms with Crippen molar-refractivity contribution in [3.05, 3.63) is 28.8 Å². The summed E-state index contributed by atoms with van der Waals surface area (Å²) in [6.45, 7) is 2.04. The summed E-state index contributed by atoms with van der Waals surface area (Å²) in [6.07, 6.45) is 0.531. The molecule has 5 heteroatoms. The molecule has 2 rings (SSSR count). The second-order valence-electron chi connectivity index (χ2n) is 3.63. The average Bonchev–Trinajstić information content (AvgIpc) is 2.27. The third kappa shape index (κ3) is 1.76. The van der Waals surface area contributed by atoms with Crippen molar-refractivity contribution in [2.75, 3.05) is 11.4 Å². The smallest absolute Gasteiger partial charge is 0.223 e. The molecule has 0 fully saturated rings. The minimum Gasteiger partial charge on any atom is -0.411 e. The van der Waals surface area contributed by atoms with Crippen LogP contribution >= 0.6 is 11.6 Å². The van der Waals surface area contributed by atoms with Gasteiger partial charge in [-0.1, -0.05) is 16.8 Å². The van der Waals surface area contributed by atoms with Crippen molar-refractivity contribution in [1.29, 1.82) is 0 Å². The van der Waals surface area contributed by atoms with E-state index in [1.165, 1.54) is 6.92 Å². The minimum atomic E-state index is -0.0273. The van der Waals surface area contributed by atoms with E-state index in [1.54, 1.807) is 23.1 Å². The van der Waals surface area contributed by atoms with E-state index in [0.717, 1.165) is 11.3 Å². The molecule has 0 radical (unpaired) electrons. The predicted molar refractivity (Wildman–Crippen MR) is 62.4 cm³/mol. The molecular weight excluding hydrogens is 228 g/mol. The zero-order valence-electron chi connectivity index (χ0n) is 8.77. The van der Waals surface area contributed by atoms with Crippen LogP contribution in [0, 0.1) is 0 Å². The van der Waals surface area contributed by atoms with Crippen LogP contribution in [-0.4, -0.2) is 23.4 Å². The van der Waals surface area contributed by atoms with Gasteiger partial charge in [0.15, 0.2) is 0 Å². The number of carbonyl (C=O) groups excluding carboxylic acids is 1. The molecule has 0 atom stereocenters. The fraction of sp³-hybridized carbons (Fsp3) is 0.273. The maximum Gasteiger partial charge on any atom is 0.223 e. The standard InChI is InChI=1S/C11H11ClN2O2/c1-7(15)14-5-4-10(13-16)9-6-8(12)2-3-11(9)14/h2-3,6,16H,4-5H2,1H3. The van der Waals surface area contributed by atoms with Crippen molar-refractivity contribution in [1.82, 2.24) is 0 Å². The number of amides is 1. The third-order valence-corrected chi connectivity index (χ3v) is 2.87. The summed E-state index contributed by atoms with van der Waals surface area (Å²) < 4.78 is 0. The van der Waals surface area contributed by atoms with Gasteiger partial charge in [0.05, 0.1) is 11.4 Å². The van der Waals surface area contributed by atoms with E-state index in [-0.39, 0.29) is 5.91 Å². The first-order valence-corrected chi connectivity index (χ1v) is 5.30. The maximum atomic E-state index is 11.4. The minimum absolute atomic E-state index is 0.0273. The van der Waals surface area contributed by atoms with Gasteiger partial charge in [-0.05, 0) is 18.2 Å². The molecule has 16 heavy (non-hydrogen) atoms. The van der Waals surface area contributed by atoms with Gasteiger partial charge < -0.3 is 10.1 Å². The van der Waals surface area contributed by atoms with Gasteiger partial charge >= 0.3 is 0 Å². The lowest BCUT2D eigenvalue weighted by Gasteiger charge is -2.28. The number of carbonyl (C=O) groups is 1. The summed E-state index contributed by atoms with van der Waals surface area (Å²) in [5.74, 6) is -0.0273. The van der Waals surface area contributed by atoms with E-state index in [2.05, 4.69) is 5.16 Å². The van der Waals surface area contributed by atoms with Crippen LogP contribution in [0.5, 0.6) is 0 Å². The number of hydrogen-bond acceptors (Lipinski definition) is 3. The lowest BCUT2D eigenvalue weighted by atomic mass is 9.99. The van der Waals surface area contributed by atoms with Crippen LogP contribution in [-0.2, 0) is 4.79 Å². The molecule has 0 aliphatic carbocycles. The second-order valence-corrected chi connectivity index (χ2v) is 4.07. The number of oxime groups is 1. The molecule has 1 aromatic rings. The Labute approximate surface area is 98.1 Å². The molecule has 0 spiro atoms. The monoisotopic (exact) mass is 238 g/mol. The summed E-state index contributed by atoms with van der Waals surface area (Å²) in [5.41, 5.74) is 2.03. The van der Waals surface area contributed by atoms with Crippen molar-refractivity contribution in [3.63, 3.8) is 0 Å². The van der Waals surface area contributed by atoms with Crippen LogP contribution in [0.25, 0.3) is 0 Å². The van der Waals surface area contributed by atoms with E-state index in [9.17, 15) is 4.79 Å². The van der Waals surface area contributed by atoms with Gasteiger partial charge in [-0.3, -0.25) is 4.79 Å². The van der Waals surface area contributed by atoms with Crippen LogP contribution in [0.1, 0.15) is 18.9 Å². The fourth-order valence-corrected chi connectivity index (χ4v) is 2.05. The summed E-state index contributed by atoms with van der Waals surface area (Å²) in [4.78, 5) is 13.1. The Hall–Kier alpha value is -1.55. The van der Waals surface area contributed by atoms with Crippen molar-refractivity contribution in [2.45, 2.75) is 13.3 Å². The fourth-order valence-electron chi connectivity index (χ4n) is 1.88. The van der Waals surface area contributed by atoms with E-state index in [0.29, 0.717) is 23.7 Å². The molecule has 1 heterocycles. The molecule has 4 nitrogen and oxygen atoms in total. The Morgan fingerprint density at radius 1 is 1.56 bits per heavy atom. The largest absolute Gasteiger partial charge is 0.411 e. The first-order valence-electron chi connectivity index (χ1n) is 4.92. The van der Waals surface area contributed by atoms with E-state index in [1.807, 2.05) is 0 Å². The quantitative estimate of drug-likeness (QED) is 0.557. The van der Waals surface area contributed by atoms with Crippen LogP contribution < -0.4 is 4.90 Å². The highest BCUT2D eigenvalue weighted by Crippen LogP contribution is 2.29. The average molecular weight is 239 g/mol. The number of anilines is 1. The number of halogens is 1. The topological polar surface area (TPSA) is 52.9 Å². The molecule has 1 aliphatic heterocycles. The molecule has 84 valence electrons. The lowest BCUT2D eigenvalue weighted by molar-refractivity contribution is -0.116. The second kappa shape index (κ2) is 4.14. The summed E-state index contributed by atoms with van der Waals surface area (Å²) >= 11 is 5.89.